The summed E-state index contributed by atoms with van der Waals surface area (Å²) in [5.41, 5.74) is 0.370. The standard InChI is InChI=1S/C7H14.H3O4P/c1-5-6-7(2,3)4;1-5(2,3)4/h5-6H,1-4H3;(H3,1,2,3,4). The van der Waals surface area contributed by atoms with Crippen molar-refractivity contribution in [2.45, 2.75) is 27.7 Å². The van der Waals surface area contributed by atoms with E-state index in [2.05, 4.69) is 32.9 Å². The predicted molar refractivity (Wildman–Crippen MR) is 48.5 cm³/mol. The molecule has 0 spiro atoms. The zero-order valence-electron chi connectivity index (χ0n) is 7.85. The summed E-state index contributed by atoms with van der Waals surface area (Å²) in [5, 5.41) is 0. The van der Waals surface area contributed by atoms with E-state index in [1.54, 1.807) is 0 Å². The van der Waals surface area contributed by atoms with Crippen molar-refractivity contribution >= 4 is 7.82 Å². The van der Waals surface area contributed by atoms with Crippen LogP contribution in [-0.2, 0) is 4.57 Å². The van der Waals surface area contributed by atoms with Gasteiger partial charge in [0.05, 0.1) is 0 Å². The lowest BCUT2D eigenvalue weighted by atomic mass is 9.97. The van der Waals surface area contributed by atoms with Crippen LogP contribution in [-0.4, -0.2) is 14.7 Å². The van der Waals surface area contributed by atoms with Gasteiger partial charge in [0.15, 0.2) is 0 Å². The third-order valence-electron chi connectivity index (χ3n) is 0.667. The van der Waals surface area contributed by atoms with E-state index < -0.39 is 7.82 Å². The molecule has 0 rings (SSSR count). The van der Waals surface area contributed by atoms with Crippen molar-refractivity contribution in [3.63, 3.8) is 0 Å². The Hall–Kier alpha value is -0.150. The van der Waals surface area contributed by atoms with Crippen LogP contribution in [0.2, 0.25) is 0 Å². The highest BCUT2D eigenvalue weighted by Gasteiger charge is 2.01. The summed E-state index contributed by atoms with van der Waals surface area (Å²) in [6.45, 7) is 8.61. The van der Waals surface area contributed by atoms with Crippen molar-refractivity contribution in [1.82, 2.24) is 0 Å². The molecule has 0 unspecified atom stereocenters. The molecule has 74 valence electrons. The second kappa shape index (κ2) is 5.49. The third kappa shape index (κ3) is 52.0. The van der Waals surface area contributed by atoms with Gasteiger partial charge in [0.25, 0.3) is 0 Å². The molecule has 0 bridgehead atoms. The monoisotopic (exact) mass is 196 g/mol. The second-order valence-electron chi connectivity index (χ2n) is 3.38. The quantitative estimate of drug-likeness (QED) is 0.407. The van der Waals surface area contributed by atoms with Gasteiger partial charge in [-0.05, 0) is 12.3 Å². The Morgan fingerprint density at radius 1 is 1.17 bits per heavy atom. The topological polar surface area (TPSA) is 77.8 Å². The van der Waals surface area contributed by atoms with Crippen molar-refractivity contribution in [1.29, 1.82) is 0 Å². The summed E-state index contributed by atoms with van der Waals surface area (Å²) in [4.78, 5) is 21.6. The highest BCUT2D eigenvalue weighted by atomic mass is 31.2. The molecule has 0 aromatic carbocycles. The lowest BCUT2D eigenvalue weighted by molar-refractivity contribution is 0.275. The van der Waals surface area contributed by atoms with Crippen molar-refractivity contribution in [2.24, 2.45) is 5.41 Å². The van der Waals surface area contributed by atoms with Gasteiger partial charge in [0.1, 0.15) is 0 Å². The Morgan fingerprint density at radius 2 is 1.42 bits per heavy atom. The van der Waals surface area contributed by atoms with E-state index in [1.807, 2.05) is 6.92 Å². The van der Waals surface area contributed by atoms with Crippen LogP contribution >= 0.6 is 7.82 Å². The SMILES string of the molecule is CC=CC(C)(C)C.O=P(O)(O)O. The lowest BCUT2D eigenvalue weighted by Gasteiger charge is -2.09. The van der Waals surface area contributed by atoms with E-state index in [1.165, 1.54) is 0 Å². The molecule has 0 fully saturated rings. The molecule has 4 nitrogen and oxygen atoms in total. The highest BCUT2D eigenvalue weighted by molar-refractivity contribution is 7.45. The fraction of sp³-hybridized carbons (Fsp3) is 0.714. The molecule has 5 heteroatoms. The molecule has 0 saturated heterocycles. The maximum absolute atomic E-state index is 8.88. The van der Waals surface area contributed by atoms with Gasteiger partial charge in [0.2, 0.25) is 0 Å². The predicted octanol–water partition coefficient (Wildman–Crippen LogP) is 1.68. The largest absolute Gasteiger partial charge is 0.466 e. The number of hydrogen-bond acceptors (Lipinski definition) is 1. The molecule has 0 aromatic rings. The zero-order valence-corrected chi connectivity index (χ0v) is 8.75. The minimum absolute atomic E-state index is 0.370. The number of hydrogen-bond donors (Lipinski definition) is 3. The number of phosphoric acid groups is 1. The van der Waals surface area contributed by atoms with Gasteiger partial charge >= 0.3 is 7.82 Å². The maximum Gasteiger partial charge on any atom is 0.466 e. The lowest BCUT2D eigenvalue weighted by Crippen LogP contribution is -1.97. The van der Waals surface area contributed by atoms with E-state index in [0.717, 1.165) is 0 Å². The molecular weight excluding hydrogens is 179 g/mol. The molecule has 3 N–H and O–H groups in total. The molecule has 0 aliphatic carbocycles. The molecule has 0 aliphatic rings. The average Bonchev–Trinajstić information content (AvgIpc) is 1.54. The highest BCUT2D eigenvalue weighted by Crippen LogP contribution is 2.25. The van der Waals surface area contributed by atoms with Crippen LogP contribution in [0.25, 0.3) is 0 Å². The molecule has 0 aliphatic heterocycles. The van der Waals surface area contributed by atoms with Crippen LogP contribution in [0.15, 0.2) is 12.2 Å². The van der Waals surface area contributed by atoms with E-state index >= 15 is 0 Å². The number of rotatable bonds is 0. The minimum atomic E-state index is -4.64. The van der Waals surface area contributed by atoms with Crippen LogP contribution in [0.4, 0.5) is 0 Å². The van der Waals surface area contributed by atoms with Gasteiger partial charge in [-0.2, -0.15) is 0 Å². The van der Waals surface area contributed by atoms with Crippen LogP contribution < -0.4 is 0 Å². The molecule has 0 aromatic heterocycles. The van der Waals surface area contributed by atoms with Crippen molar-refractivity contribution < 1.29 is 19.2 Å². The second-order valence-corrected chi connectivity index (χ2v) is 4.41. The Morgan fingerprint density at radius 3 is 1.42 bits per heavy atom. The summed E-state index contributed by atoms with van der Waals surface area (Å²) < 4.78 is 8.88. The normalized spacial score (nSPS) is 12.6. The molecule has 0 atom stereocenters. The first-order chi connectivity index (χ1) is 5.06. The first-order valence-corrected chi connectivity index (χ1v) is 5.05. The van der Waals surface area contributed by atoms with Crippen molar-refractivity contribution in [3.8, 4) is 0 Å². The van der Waals surface area contributed by atoms with E-state index in [-0.39, 0.29) is 0 Å². The molecule has 0 heterocycles. The van der Waals surface area contributed by atoms with Crippen molar-refractivity contribution in [3.05, 3.63) is 12.2 Å². The fourth-order valence-corrected chi connectivity index (χ4v) is 0.500. The van der Waals surface area contributed by atoms with Gasteiger partial charge in [-0.3, -0.25) is 0 Å². The smallest absolute Gasteiger partial charge is 0.303 e. The zero-order chi connectivity index (χ0) is 10.4. The Kier molecular flexibility index (Phi) is 6.58. The van der Waals surface area contributed by atoms with Gasteiger partial charge in [-0.25, -0.2) is 4.57 Å². The van der Waals surface area contributed by atoms with Gasteiger partial charge in [-0.1, -0.05) is 32.9 Å². The Bertz CT molecular complexity index is 166. The molecule has 0 radical (unpaired) electrons. The van der Waals surface area contributed by atoms with Crippen molar-refractivity contribution in [2.75, 3.05) is 0 Å². The Balaban J connectivity index is 0. The van der Waals surface area contributed by atoms with Gasteiger partial charge in [0, 0.05) is 0 Å². The average molecular weight is 196 g/mol. The molecule has 12 heavy (non-hydrogen) atoms. The fourth-order valence-electron chi connectivity index (χ4n) is 0.500. The van der Waals surface area contributed by atoms with Crippen LogP contribution in [0.5, 0.6) is 0 Å². The van der Waals surface area contributed by atoms with E-state index in [0.29, 0.717) is 5.41 Å². The summed E-state index contributed by atoms with van der Waals surface area (Å²) in [5.74, 6) is 0. The summed E-state index contributed by atoms with van der Waals surface area (Å²) >= 11 is 0. The van der Waals surface area contributed by atoms with Crippen LogP contribution in [0.1, 0.15) is 27.7 Å². The van der Waals surface area contributed by atoms with Gasteiger partial charge in [-0.15, -0.1) is 0 Å². The van der Waals surface area contributed by atoms with Gasteiger partial charge < -0.3 is 14.7 Å². The van der Waals surface area contributed by atoms with Crippen LogP contribution in [0.3, 0.4) is 0 Å². The summed E-state index contributed by atoms with van der Waals surface area (Å²) in [6.07, 6.45) is 4.27. The minimum Gasteiger partial charge on any atom is -0.303 e. The Labute approximate surface area is 73.2 Å². The third-order valence-corrected chi connectivity index (χ3v) is 0.667. The van der Waals surface area contributed by atoms with Crippen LogP contribution in [0, 0.1) is 5.41 Å². The maximum atomic E-state index is 8.88. The molecule has 0 amide bonds. The summed E-state index contributed by atoms with van der Waals surface area (Å²) in [6, 6.07) is 0. The summed E-state index contributed by atoms with van der Waals surface area (Å²) in [7, 11) is -4.64. The first kappa shape index (κ1) is 14.4. The van der Waals surface area contributed by atoms with E-state index in [4.69, 9.17) is 19.2 Å². The molecule has 0 saturated carbocycles. The molecular formula is C7H17O4P. The van der Waals surface area contributed by atoms with E-state index in [9.17, 15) is 0 Å². The first-order valence-electron chi connectivity index (χ1n) is 3.48. The number of allylic oxidation sites excluding steroid dienone is 2.